The summed E-state index contributed by atoms with van der Waals surface area (Å²) in [5.74, 6) is 0. The third kappa shape index (κ3) is 2.04. The maximum atomic E-state index is 7.41. The number of unbranched alkanes of at least 4 members (excludes halogenated alkanes) is 1. The van der Waals surface area contributed by atoms with Crippen molar-refractivity contribution in [3.63, 3.8) is 0 Å². The zero-order valence-corrected chi connectivity index (χ0v) is 7.32. The van der Waals surface area contributed by atoms with E-state index >= 15 is 0 Å². The summed E-state index contributed by atoms with van der Waals surface area (Å²) in [5, 5.41) is 11.9. The number of aromatic nitrogens is 2. The smallest absolute Gasteiger partial charge is 0.202 e. The highest BCUT2D eigenvalue weighted by atomic mass is 32.1. The van der Waals surface area contributed by atoms with Crippen LogP contribution < -0.4 is 10.5 Å². The minimum atomic E-state index is 0.441. The molecule has 62 valence electrons. The third-order valence-corrected chi connectivity index (χ3v) is 2.07. The van der Waals surface area contributed by atoms with Crippen LogP contribution in [0.15, 0.2) is 0 Å². The molecule has 0 spiro atoms. The Labute approximate surface area is 69.2 Å². The van der Waals surface area contributed by atoms with Crippen molar-refractivity contribution in [2.45, 2.75) is 26.3 Å². The van der Waals surface area contributed by atoms with E-state index in [-0.39, 0.29) is 0 Å². The Balaban J connectivity index is 2.70. The molecule has 0 aliphatic rings. The Morgan fingerprint density at radius 2 is 2.45 bits per heavy atom. The molecular formula is C6H12N4S. The van der Waals surface area contributed by atoms with Crippen molar-refractivity contribution in [1.82, 2.24) is 9.78 Å². The molecule has 1 aromatic heterocycles. The first-order chi connectivity index (χ1) is 5.24. The summed E-state index contributed by atoms with van der Waals surface area (Å²) in [5.41, 5.74) is 5.42. The molecule has 0 atom stereocenters. The van der Waals surface area contributed by atoms with Crippen LogP contribution in [0, 0.1) is 5.41 Å². The van der Waals surface area contributed by atoms with Gasteiger partial charge in [-0.15, -0.1) is 5.10 Å². The number of nitrogens with zero attached hydrogens (tertiary/aromatic N) is 2. The van der Waals surface area contributed by atoms with Gasteiger partial charge >= 0.3 is 0 Å². The first-order valence-corrected chi connectivity index (χ1v) is 4.43. The van der Waals surface area contributed by atoms with Crippen molar-refractivity contribution in [1.29, 1.82) is 5.41 Å². The van der Waals surface area contributed by atoms with E-state index in [9.17, 15) is 0 Å². The molecular weight excluding hydrogens is 160 g/mol. The summed E-state index contributed by atoms with van der Waals surface area (Å²) in [6.07, 6.45) is 2.17. The number of hydrogen-bond acceptors (Lipinski definition) is 4. The molecule has 0 aromatic carbocycles. The SMILES string of the molecule is CCCCn1nc(N)sc1=N. The van der Waals surface area contributed by atoms with Crippen LogP contribution in [0.1, 0.15) is 19.8 Å². The van der Waals surface area contributed by atoms with E-state index in [1.807, 2.05) is 0 Å². The Kier molecular flexibility index (Phi) is 2.64. The lowest BCUT2D eigenvalue weighted by atomic mass is 10.3. The van der Waals surface area contributed by atoms with Crippen molar-refractivity contribution >= 4 is 16.5 Å². The molecule has 0 aliphatic heterocycles. The molecule has 0 amide bonds. The van der Waals surface area contributed by atoms with Gasteiger partial charge < -0.3 is 5.73 Å². The van der Waals surface area contributed by atoms with Gasteiger partial charge in [0.25, 0.3) is 0 Å². The fraction of sp³-hybridized carbons (Fsp3) is 0.667. The molecule has 1 heterocycles. The molecule has 0 fully saturated rings. The quantitative estimate of drug-likeness (QED) is 0.708. The number of rotatable bonds is 3. The Hall–Kier alpha value is -0.840. The molecule has 0 radical (unpaired) electrons. The highest BCUT2D eigenvalue weighted by Gasteiger charge is 1.97. The Morgan fingerprint density at radius 1 is 1.73 bits per heavy atom. The summed E-state index contributed by atoms with van der Waals surface area (Å²) in [6.45, 7) is 2.92. The van der Waals surface area contributed by atoms with Crippen LogP contribution in [-0.4, -0.2) is 9.78 Å². The molecule has 11 heavy (non-hydrogen) atoms. The lowest BCUT2D eigenvalue weighted by Gasteiger charge is -1.95. The van der Waals surface area contributed by atoms with E-state index in [1.165, 1.54) is 11.3 Å². The van der Waals surface area contributed by atoms with Gasteiger partial charge in [-0.2, -0.15) is 0 Å². The molecule has 0 aliphatic carbocycles. The molecule has 0 saturated heterocycles. The van der Waals surface area contributed by atoms with Crippen LogP contribution in [0.25, 0.3) is 0 Å². The number of nitrogens with one attached hydrogen (secondary N) is 1. The fourth-order valence-corrected chi connectivity index (χ4v) is 1.37. The fourth-order valence-electron chi connectivity index (χ4n) is 0.796. The Bertz CT molecular complexity index is 274. The zero-order chi connectivity index (χ0) is 8.27. The summed E-state index contributed by atoms with van der Waals surface area (Å²) in [7, 11) is 0. The molecule has 4 nitrogen and oxygen atoms in total. The number of anilines is 1. The predicted molar refractivity (Wildman–Crippen MR) is 45.3 cm³/mol. The third-order valence-electron chi connectivity index (χ3n) is 1.38. The average Bonchev–Trinajstić information content (AvgIpc) is 2.26. The van der Waals surface area contributed by atoms with Gasteiger partial charge in [-0.1, -0.05) is 24.7 Å². The summed E-state index contributed by atoms with van der Waals surface area (Å²) in [4.78, 5) is 0.441. The Morgan fingerprint density at radius 3 is 2.91 bits per heavy atom. The second-order valence-corrected chi connectivity index (χ2v) is 3.33. The normalized spacial score (nSPS) is 10.3. The lowest BCUT2D eigenvalue weighted by Crippen LogP contribution is -2.14. The maximum Gasteiger partial charge on any atom is 0.202 e. The minimum absolute atomic E-state index is 0.441. The van der Waals surface area contributed by atoms with Gasteiger partial charge in [-0.25, -0.2) is 4.68 Å². The summed E-state index contributed by atoms with van der Waals surface area (Å²) < 4.78 is 1.64. The van der Waals surface area contributed by atoms with Gasteiger partial charge in [-0.05, 0) is 6.42 Å². The number of nitrogens with two attached hydrogens (primary N) is 1. The first-order valence-electron chi connectivity index (χ1n) is 3.62. The van der Waals surface area contributed by atoms with Gasteiger partial charge in [0.05, 0.1) is 0 Å². The van der Waals surface area contributed by atoms with Crippen molar-refractivity contribution in [2.75, 3.05) is 5.73 Å². The van der Waals surface area contributed by atoms with Crippen molar-refractivity contribution in [3.8, 4) is 0 Å². The van der Waals surface area contributed by atoms with Crippen LogP contribution in [-0.2, 0) is 6.54 Å². The second-order valence-electron chi connectivity index (χ2n) is 2.32. The monoisotopic (exact) mass is 172 g/mol. The number of hydrogen-bond donors (Lipinski definition) is 2. The maximum absolute atomic E-state index is 7.41. The molecule has 0 unspecified atom stereocenters. The molecule has 5 heteroatoms. The van der Waals surface area contributed by atoms with Crippen molar-refractivity contribution in [3.05, 3.63) is 4.80 Å². The van der Waals surface area contributed by atoms with E-state index in [2.05, 4.69) is 12.0 Å². The van der Waals surface area contributed by atoms with Crippen molar-refractivity contribution < 1.29 is 0 Å². The van der Waals surface area contributed by atoms with Gasteiger partial charge in [0, 0.05) is 6.54 Å². The summed E-state index contributed by atoms with van der Waals surface area (Å²) >= 11 is 1.22. The molecule has 0 bridgehead atoms. The zero-order valence-electron chi connectivity index (χ0n) is 6.50. The first kappa shape index (κ1) is 8.26. The molecule has 1 aromatic rings. The minimum Gasteiger partial charge on any atom is -0.374 e. The van der Waals surface area contributed by atoms with Crippen molar-refractivity contribution in [2.24, 2.45) is 0 Å². The van der Waals surface area contributed by atoms with Gasteiger partial charge in [-0.3, -0.25) is 5.41 Å². The van der Waals surface area contributed by atoms with E-state index in [0.29, 0.717) is 9.93 Å². The van der Waals surface area contributed by atoms with Crippen LogP contribution in [0.4, 0.5) is 5.13 Å². The number of aryl methyl sites for hydroxylation is 1. The van der Waals surface area contributed by atoms with E-state index in [4.69, 9.17) is 11.1 Å². The lowest BCUT2D eigenvalue weighted by molar-refractivity contribution is 0.551. The highest BCUT2D eigenvalue weighted by Crippen LogP contribution is 1.99. The molecule has 3 N–H and O–H groups in total. The second kappa shape index (κ2) is 3.52. The van der Waals surface area contributed by atoms with Crippen LogP contribution in [0.5, 0.6) is 0 Å². The molecule has 0 saturated carbocycles. The number of nitrogen functional groups attached to an aromatic ring is 1. The van der Waals surface area contributed by atoms with Crippen LogP contribution in [0.3, 0.4) is 0 Å². The highest BCUT2D eigenvalue weighted by molar-refractivity contribution is 7.12. The topological polar surface area (TPSA) is 67.7 Å². The molecule has 1 rings (SSSR count). The predicted octanol–water partition coefficient (Wildman–Crippen LogP) is 0.806. The van der Waals surface area contributed by atoms with Gasteiger partial charge in [0.1, 0.15) is 0 Å². The largest absolute Gasteiger partial charge is 0.374 e. The van der Waals surface area contributed by atoms with Crippen LogP contribution in [0.2, 0.25) is 0 Å². The average molecular weight is 172 g/mol. The standard InChI is InChI=1S/C6H12N4S/c1-2-3-4-10-6(8)11-5(7)9-10/h8H,2-4H2,1H3,(H2,7,9). The van der Waals surface area contributed by atoms with Crippen LogP contribution >= 0.6 is 11.3 Å². The van der Waals surface area contributed by atoms with E-state index < -0.39 is 0 Å². The van der Waals surface area contributed by atoms with E-state index in [1.54, 1.807) is 4.68 Å². The summed E-state index contributed by atoms with van der Waals surface area (Å²) in [6, 6.07) is 0. The van der Waals surface area contributed by atoms with Gasteiger partial charge in [0.15, 0.2) is 0 Å². The van der Waals surface area contributed by atoms with E-state index in [0.717, 1.165) is 19.4 Å². The van der Waals surface area contributed by atoms with Gasteiger partial charge in [0.2, 0.25) is 9.93 Å².